The molecule has 0 saturated heterocycles. The van der Waals surface area contributed by atoms with Crippen molar-refractivity contribution in [3.05, 3.63) is 12.2 Å². The Labute approximate surface area is 202 Å². The van der Waals surface area contributed by atoms with E-state index in [0.717, 1.165) is 13.3 Å². The Morgan fingerprint density at radius 1 is 0.432 bits per heavy atom. The molecule has 0 rings (SSSR count). The Balaban J connectivity index is 6.14. The molecule has 0 aliphatic carbocycles. The molecular formula is C21H26F16. The lowest BCUT2D eigenvalue weighted by Gasteiger charge is -2.43. The summed E-state index contributed by atoms with van der Waals surface area (Å²) in [5.41, 5.74) is 0. The number of unbranched alkanes of at least 4 members (excludes halogenated alkanes) is 6. The number of rotatable bonds is 17. The number of halogens is 16. The van der Waals surface area contributed by atoms with E-state index >= 15 is 0 Å². The van der Waals surface area contributed by atoms with Crippen LogP contribution in [-0.4, -0.2) is 47.4 Å². The van der Waals surface area contributed by atoms with Crippen LogP contribution in [0.15, 0.2) is 12.2 Å². The Morgan fingerprint density at radius 3 is 1.14 bits per heavy atom. The Morgan fingerprint density at radius 2 is 0.757 bits per heavy atom. The van der Waals surface area contributed by atoms with Crippen molar-refractivity contribution >= 4 is 0 Å². The second kappa shape index (κ2) is 11.8. The zero-order chi connectivity index (χ0) is 29.8. The normalized spacial score (nSPS) is 15.6. The van der Waals surface area contributed by atoms with Gasteiger partial charge in [-0.15, -0.1) is 0 Å². The molecule has 0 aliphatic heterocycles. The Kier molecular flexibility index (Phi) is 11.3. The molecule has 0 aromatic carbocycles. The van der Waals surface area contributed by atoms with Crippen LogP contribution in [0.3, 0.4) is 0 Å². The molecular weight excluding hydrogens is 556 g/mol. The lowest BCUT2D eigenvalue weighted by Crippen LogP contribution is -2.74. The summed E-state index contributed by atoms with van der Waals surface area (Å²) in [6, 6.07) is 0. The van der Waals surface area contributed by atoms with Crippen LogP contribution in [0.5, 0.6) is 0 Å². The van der Waals surface area contributed by atoms with Gasteiger partial charge in [-0.05, 0) is 13.3 Å². The molecule has 0 spiro atoms. The molecule has 0 aromatic heterocycles. The highest BCUT2D eigenvalue weighted by molar-refractivity contribution is 5.16. The third kappa shape index (κ3) is 6.27. The van der Waals surface area contributed by atoms with Gasteiger partial charge in [-0.3, -0.25) is 0 Å². The van der Waals surface area contributed by atoms with E-state index in [1.54, 1.807) is 0 Å². The smallest absolute Gasteiger partial charge is 0.200 e. The summed E-state index contributed by atoms with van der Waals surface area (Å²) in [6.07, 6.45) is -2.94. The van der Waals surface area contributed by atoms with Crippen molar-refractivity contribution < 1.29 is 70.2 Å². The highest BCUT2D eigenvalue weighted by Crippen LogP contribution is 2.64. The van der Waals surface area contributed by atoms with Gasteiger partial charge in [0.2, 0.25) is 0 Å². The largest absolute Gasteiger partial charge is 0.384 e. The lowest BCUT2D eigenvalue weighted by atomic mass is 9.86. The standard InChI is InChI=1S/C21H26F16/c1-3-5-7-8-9-10-11-13-15(24,25)17(28,29)19(32,33)21(36,37)20(34,35)18(30,31)16(26,27)14(22,23)12-6-4-2/h4,6H,3,5,7-13H2,1-2H3. The quantitative estimate of drug-likeness (QED) is 0.0910. The molecule has 222 valence electrons. The first-order chi connectivity index (χ1) is 16.4. The molecule has 0 aromatic rings. The van der Waals surface area contributed by atoms with Gasteiger partial charge in [0.1, 0.15) is 0 Å². The van der Waals surface area contributed by atoms with Crippen molar-refractivity contribution in [2.45, 2.75) is 119 Å². The molecule has 16 heteroatoms. The molecule has 0 fully saturated rings. The third-order valence-corrected chi connectivity index (χ3v) is 5.59. The SMILES string of the molecule is CC=CCC(F)(F)C(F)(F)C(F)(F)C(F)(F)C(F)(F)C(F)(F)C(F)(F)C(F)(F)CCCCCCCCC. The summed E-state index contributed by atoms with van der Waals surface area (Å²) < 4.78 is 220. The minimum absolute atomic E-state index is 0.00734. The monoisotopic (exact) mass is 582 g/mol. The highest BCUT2D eigenvalue weighted by atomic mass is 19.4. The van der Waals surface area contributed by atoms with E-state index in [0.29, 0.717) is 25.3 Å². The zero-order valence-electron chi connectivity index (χ0n) is 19.6. The molecule has 37 heavy (non-hydrogen) atoms. The predicted octanol–water partition coefficient (Wildman–Crippen LogP) is 10.2. The Hall–Kier alpha value is -1.38. The van der Waals surface area contributed by atoms with E-state index in [1.807, 2.05) is 6.92 Å². The summed E-state index contributed by atoms with van der Waals surface area (Å²) in [5, 5.41) is 0. The second-order valence-electron chi connectivity index (χ2n) is 8.50. The average molecular weight is 582 g/mol. The second-order valence-corrected chi connectivity index (χ2v) is 8.50. The summed E-state index contributed by atoms with van der Waals surface area (Å²) in [5.74, 6) is -60.4. The molecule has 0 amide bonds. The first-order valence-corrected chi connectivity index (χ1v) is 11.0. The van der Waals surface area contributed by atoms with Gasteiger partial charge >= 0.3 is 47.4 Å². The fraction of sp³-hybridized carbons (Fsp3) is 0.905. The lowest BCUT2D eigenvalue weighted by molar-refractivity contribution is -0.453. The molecule has 0 heterocycles. The van der Waals surface area contributed by atoms with E-state index in [-0.39, 0.29) is 18.9 Å². The predicted molar refractivity (Wildman–Crippen MR) is 102 cm³/mol. The zero-order valence-corrected chi connectivity index (χ0v) is 19.6. The van der Waals surface area contributed by atoms with Crippen LogP contribution in [0.1, 0.15) is 71.6 Å². The van der Waals surface area contributed by atoms with E-state index in [4.69, 9.17) is 0 Å². The third-order valence-electron chi connectivity index (χ3n) is 5.59. The van der Waals surface area contributed by atoms with Crippen LogP contribution < -0.4 is 0 Å². The molecule has 0 bridgehead atoms. The molecule has 0 radical (unpaired) electrons. The van der Waals surface area contributed by atoms with E-state index in [9.17, 15) is 70.2 Å². The minimum Gasteiger partial charge on any atom is -0.200 e. The van der Waals surface area contributed by atoms with Gasteiger partial charge in [-0.25, -0.2) is 0 Å². The van der Waals surface area contributed by atoms with Gasteiger partial charge < -0.3 is 0 Å². The summed E-state index contributed by atoms with van der Waals surface area (Å²) in [7, 11) is 0. The van der Waals surface area contributed by atoms with Crippen LogP contribution in [0.4, 0.5) is 70.2 Å². The van der Waals surface area contributed by atoms with Crippen LogP contribution in [0, 0.1) is 0 Å². The molecule has 0 atom stereocenters. The molecule has 0 nitrogen and oxygen atoms in total. The molecule has 0 saturated carbocycles. The summed E-state index contributed by atoms with van der Waals surface area (Å²) >= 11 is 0. The molecule has 0 unspecified atom stereocenters. The van der Waals surface area contributed by atoms with Crippen molar-refractivity contribution in [3.63, 3.8) is 0 Å². The summed E-state index contributed by atoms with van der Waals surface area (Å²) in [4.78, 5) is 0. The van der Waals surface area contributed by atoms with Gasteiger partial charge in [0.05, 0.1) is 0 Å². The first kappa shape index (κ1) is 35.6. The summed E-state index contributed by atoms with van der Waals surface area (Å²) in [6.45, 7) is 2.68. The fourth-order valence-corrected chi connectivity index (χ4v) is 3.10. The van der Waals surface area contributed by atoms with Crippen LogP contribution >= 0.6 is 0 Å². The van der Waals surface area contributed by atoms with E-state index < -0.39 is 66.6 Å². The van der Waals surface area contributed by atoms with Gasteiger partial charge in [-0.1, -0.05) is 57.6 Å². The highest BCUT2D eigenvalue weighted by Gasteiger charge is 2.94. The van der Waals surface area contributed by atoms with Gasteiger partial charge in [-0.2, -0.15) is 70.2 Å². The number of alkyl halides is 16. The maximum absolute atomic E-state index is 13.9. The van der Waals surface area contributed by atoms with Crippen LogP contribution in [0.25, 0.3) is 0 Å². The van der Waals surface area contributed by atoms with Crippen molar-refractivity contribution in [2.75, 3.05) is 0 Å². The maximum atomic E-state index is 13.9. The number of hydrogen-bond donors (Lipinski definition) is 0. The van der Waals surface area contributed by atoms with Crippen LogP contribution in [0.2, 0.25) is 0 Å². The number of hydrogen-bond acceptors (Lipinski definition) is 0. The topological polar surface area (TPSA) is 0 Å². The Bertz CT molecular complexity index is 739. The molecule has 0 N–H and O–H groups in total. The minimum atomic E-state index is -8.36. The first-order valence-electron chi connectivity index (χ1n) is 11.0. The van der Waals surface area contributed by atoms with Crippen LogP contribution in [-0.2, 0) is 0 Å². The van der Waals surface area contributed by atoms with Crippen molar-refractivity contribution in [1.82, 2.24) is 0 Å². The fourth-order valence-electron chi connectivity index (χ4n) is 3.10. The van der Waals surface area contributed by atoms with E-state index in [2.05, 4.69) is 0 Å². The molecule has 0 aliphatic rings. The van der Waals surface area contributed by atoms with Gasteiger partial charge in [0.15, 0.2) is 0 Å². The van der Waals surface area contributed by atoms with E-state index in [1.165, 1.54) is 0 Å². The van der Waals surface area contributed by atoms with Crippen molar-refractivity contribution in [1.29, 1.82) is 0 Å². The average Bonchev–Trinajstić information content (AvgIpc) is 2.76. The van der Waals surface area contributed by atoms with Crippen molar-refractivity contribution in [3.8, 4) is 0 Å². The maximum Gasteiger partial charge on any atom is 0.384 e. The van der Waals surface area contributed by atoms with Crippen molar-refractivity contribution in [2.24, 2.45) is 0 Å². The van der Waals surface area contributed by atoms with Gasteiger partial charge in [0.25, 0.3) is 0 Å². The number of allylic oxidation sites excluding steroid dienone is 2. The van der Waals surface area contributed by atoms with Gasteiger partial charge in [0, 0.05) is 12.8 Å².